The number of aromatic hydroxyl groups is 1. The van der Waals surface area contributed by atoms with Gasteiger partial charge in [-0.05, 0) is 43.8 Å². The number of amides is 1. The monoisotopic (exact) mass is 586 g/mol. The Kier molecular flexibility index (Phi) is 7.81. The third-order valence-electron chi connectivity index (χ3n) is 9.11. The van der Waals surface area contributed by atoms with Crippen LogP contribution < -0.4 is 5.73 Å². The Morgan fingerprint density at radius 1 is 1.14 bits per heavy atom. The van der Waals surface area contributed by atoms with Gasteiger partial charge < -0.3 is 36.0 Å². The van der Waals surface area contributed by atoms with Crippen molar-refractivity contribution < 1.29 is 49.4 Å². The highest BCUT2D eigenvalue weighted by Crippen LogP contribution is 2.56. The molecule has 0 saturated heterocycles. The number of carbonyl (C=O) groups is 4. The second-order valence-electron chi connectivity index (χ2n) is 12.3. The molecule has 0 heterocycles. The van der Waals surface area contributed by atoms with Gasteiger partial charge in [0.1, 0.15) is 22.8 Å². The number of likely N-dealkylation sites (N-methyl/N-ethyl adjacent to an activating group) is 1. The highest BCUT2D eigenvalue weighted by molar-refractivity contribution is 6.25. The molecule has 0 aromatic heterocycles. The van der Waals surface area contributed by atoms with E-state index in [-0.39, 0.29) is 17.9 Å². The molecule has 0 fully saturated rings. The second kappa shape index (κ2) is 10.5. The van der Waals surface area contributed by atoms with Gasteiger partial charge in [-0.3, -0.25) is 24.1 Å². The number of hydrogen-bond acceptors (Lipinski definition) is 11. The minimum absolute atomic E-state index is 0.138. The summed E-state index contributed by atoms with van der Waals surface area (Å²) in [7, 11) is 2.97. The lowest BCUT2D eigenvalue weighted by atomic mass is 9.55. The summed E-state index contributed by atoms with van der Waals surface area (Å²) in [5, 5.41) is 57.4. The number of phenolic OH excluding ortho intramolecular Hbond substituents is 1. The number of nitrogens with two attached hydrogens (primary N) is 1. The Hall–Kier alpha value is -3.74. The number of hydrogen-bond donors (Lipinski definition) is 6. The predicted octanol–water partition coefficient (Wildman–Crippen LogP) is 1.27. The molecule has 3 aliphatic carbocycles. The highest BCUT2D eigenvalue weighted by Gasteiger charge is 2.67. The summed E-state index contributed by atoms with van der Waals surface area (Å²) < 4.78 is 5.00. The van der Waals surface area contributed by atoms with E-state index in [0.29, 0.717) is 24.0 Å². The number of primary amides is 1. The molecule has 7 N–H and O–H groups in total. The summed E-state index contributed by atoms with van der Waals surface area (Å²) in [4.78, 5) is 52.2. The minimum atomic E-state index is -2.97. The molecule has 1 amide bonds. The zero-order valence-corrected chi connectivity index (χ0v) is 24.5. The molecule has 6 unspecified atom stereocenters. The van der Waals surface area contributed by atoms with Crippen LogP contribution in [-0.2, 0) is 24.5 Å². The molecule has 0 bridgehead atoms. The average molecular weight is 587 g/mol. The maximum atomic E-state index is 14.1. The predicted molar refractivity (Wildman–Crippen MR) is 149 cm³/mol. The first-order chi connectivity index (χ1) is 19.4. The topological polar surface area (TPSA) is 208 Å². The Morgan fingerprint density at radius 3 is 2.31 bits per heavy atom. The molecule has 12 nitrogen and oxygen atoms in total. The summed E-state index contributed by atoms with van der Waals surface area (Å²) >= 11 is 0. The molecule has 1 aromatic carbocycles. The summed E-state index contributed by atoms with van der Waals surface area (Å²) in [6.45, 7) is 6.87. The first-order valence-electron chi connectivity index (χ1n) is 13.7. The number of phenols is 1. The van der Waals surface area contributed by atoms with Crippen molar-refractivity contribution in [1.29, 1.82) is 0 Å². The van der Waals surface area contributed by atoms with Gasteiger partial charge >= 0.3 is 5.97 Å². The highest BCUT2D eigenvalue weighted by atomic mass is 16.5. The SMILES string of the molecule is CC(=O)OCCCC(C)(C)c1ccc2c(c1O)C(=O)C1=C(O)C3(O)C(=O)C(C(N)=O)=C(O)C(N(C)C)C3C(O)C1C2C. The van der Waals surface area contributed by atoms with Crippen LogP contribution >= 0.6 is 0 Å². The van der Waals surface area contributed by atoms with Gasteiger partial charge in [0.05, 0.1) is 30.2 Å². The van der Waals surface area contributed by atoms with E-state index in [1.807, 2.05) is 13.8 Å². The molecule has 12 heteroatoms. The number of aliphatic hydroxyl groups excluding tert-OH is 3. The molecular formula is C30H38N2O10. The van der Waals surface area contributed by atoms with Gasteiger partial charge in [0, 0.05) is 24.0 Å². The number of carbonyl (C=O) groups excluding carboxylic acids is 4. The molecule has 4 rings (SSSR count). The maximum absolute atomic E-state index is 14.1. The fourth-order valence-electron chi connectivity index (χ4n) is 7.03. The molecule has 1 aromatic rings. The first-order valence-corrected chi connectivity index (χ1v) is 13.7. The smallest absolute Gasteiger partial charge is 0.302 e. The normalized spacial score (nSPS) is 29.3. The zero-order valence-electron chi connectivity index (χ0n) is 24.5. The Bertz CT molecular complexity index is 1440. The fraction of sp³-hybridized carbons (Fsp3) is 0.533. The molecule has 0 saturated carbocycles. The zero-order chi connectivity index (χ0) is 31.6. The second-order valence-corrected chi connectivity index (χ2v) is 12.3. The lowest BCUT2D eigenvalue weighted by Crippen LogP contribution is -2.68. The summed E-state index contributed by atoms with van der Waals surface area (Å²) in [5.74, 6) is -9.63. The van der Waals surface area contributed by atoms with E-state index in [4.69, 9.17) is 10.5 Å². The Morgan fingerprint density at radius 2 is 1.76 bits per heavy atom. The number of ether oxygens (including phenoxy) is 1. The van der Waals surface area contributed by atoms with E-state index in [0.717, 1.165) is 0 Å². The van der Waals surface area contributed by atoms with Crippen molar-refractivity contribution in [3.8, 4) is 5.75 Å². The van der Waals surface area contributed by atoms with Gasteiger partial charge in [0.25, 0.3) is 5.91 Å². The standard InChI is InChI=1S/C30H38N2O10/c1-12-14-8-9-15(29(3,4)10-7-11-42-13(2)33)22(34)17(14)23(35)18-16(12)24(36)20-21(32(5)6)25(37)19(28(31)40)27(39)30(20,41)26(18)38/h8-9,12,16,20-21,24,34,36-38,41H,7,10-11H2,1-6H3,(H2,31,40). The van der Waals surface area contributed by atoms with E-state index < -0.39 is 87.0 Å². The third-order valence-corrected chi connectivity index (χ3v) is 9.11. The molecule has 42 heavy (non-hydrogen) atoms. The maximum Gasteiger partial charge on any atom is 0.302 e. The largest absolute Gasteiger partial charge is 0.510 e. The number of Topliss-reactive ketones (excluding diaryl/α,β-unsaturated/α-hetero) is 2. The van der Waals surface area contributed by atoms with Crippen LogP contribution in [0.3, 0.4) is 0 Å². The number of fused-ring (bicyclic) bond motifs is 3. The van der Waals surface area contributed by atoms with Gasteiger partial charge in [-0.1, -0.05) is 32.9 Å². The lowest BCUT2D eigenvalue weighted by molar-refractivity contribution is -0.162. The Balaban J connectivity index is 1.89. The van der Waals surface area contributed by atoms with E-state index in [2.05, 4.69) is 0 Å². The molecule has 0 aliphatic heterocycles. The van der Waals surface area contributed by atoms with E-state index in [9.17, 15) is 44.7 Å². The van der Waals surface area contributed by atoms with Crippen LogP contribution in [0.2, 0.25) is 0 Å². The van der Waals surface area contributed by atoms with Crippen molar-refractivity contribution in [3.63, 3.8) is 0 Å². The number of ketones is 2. The molecule has 0 radical (unpaired) electrons. The number of rotatable bonds is 7. The van der Waals surface area contributed by atoms with Crippen molar-refractivity contribution in [3.05, 3.63) is 51.5 Å². The molecule has 3 aliphatic rings. The summed E-state index contributed by atoms with van der Waals surface area (Å²) in [6.07, 6.45) is -0.681. The number of esters is 1. The van der Waals surface area contributed by atoms with Crippen molar-refractivity contribution in [2.75, 3.05) is 20.7 Å². The minimum Gasteiger partial charge on any atom is -0.510 e. The molecule has 0 spiro atoms. The summed E-state index contributed by atoms with van der Waals surface area (Å²) in [5.41, 5.74) is 0.986. The van der Waals surface area contributed by atoms with Gasteiger partial charge in [-0.15, -0.1) is 0 Å². The van der Waals surface area contributed by atoms with Crippen molar-refractivity contribution in [1.82, 2.24) is 4.90 Å². The van der Waals surface area contributed by atoms with Gasteiger partial charge in [0.15, 0.2) is 11.4 Å². The molecular weight excluding hydrogens is 548 g/mol. The summed E-state index contributed by atoms with van der Waals surface area (Å²) in [6, 6.07) is 2.03. The average Bonchev–Trinajstić information content (AvgIpc) is 2.88. The fourth-order valence-corrected chi connectivity index (χ4v) is 7.03. The molecule has 228 valence electrons. The first kappa shape index (κ1) is 31.2. The van der Waals surface area contributed by atoms with Crippen LogP contribution in [0.25, 0.3) is 0 Å². The lowest BCUT2D eigenvalue weighted by Gasteiger charge is -2.53. The number of benzene rings is 1. The Labute approximate surface area is 243 Å². The van der Waals surface area contributed by atoms with Crippen LogP contribution in [0.5, 0.6) is 5.75 Å². The van der Waals surface area contributed by atoms with E-state index in [1.54, 1.807) is 19.1 Å². The van der Waals surface area contributed by atoms with Gasteiger partial charge in [0.2, 0.25) is 5.78 Å². The molecule has 6 atom stereocenters. The van der Waals surface area contributed by atoms with E-state index >= 15 is 0 Å². The van der Waals surface area contributed by atoms with Gasteiger partial charge in [-0.2, -0.15) is 0 Å². The van der Waals surface area contributed by atoms with Crippen LogP contribution in [0, 0.1) is 11.8 Å². The quantitative estimate of drug-likeness (QED) is 0.152. The van der Waals surface area contributed by atoms with Crippen molar-refractivity contribution in [2.24, 2.45) is 17.6 Å². The van der Waals surface area contributed by atoms with Crippen molar-refractivity contribution >= 4 is 23.4 Å². The number of nitrogens with zero attached hydrogens (tertiary/aromatic N) is 1. The van der Waals surface area contributed by atoms with Crippen LogP contribution in [0.4, 0.5) is 0 Å². The third kappa shape index (κ3) is 4.40. The van der Waals surface area contributed by atoms with Crippen molar-refractivity contribution in [2.45, 2.75) is 69.6 Å². The van der Waals surface area contributed by atoms with E-state index in [1.165, 1.54) is 25.9 Å². The number of aliphatic hydroxyl groups is 4. The van der Waals surface area contributed by atoms with Crippen LogP contribution in [-0.4, -0.2) is 92.3 Å². The van der Waals surface area contributed by atoms with Gasteiger partial charge in [-0.25, -0.2) is 0 Å². The van der Waals surface area contributed by atoms with Crippen LogP contribution in [0.15, 0.2) is 34.8 Å². The van der Waals surface area contributed by atoms with Crippen LogP contribution in [0.1, 0.15) is 67.9 Å².